The normalized spacial score (nSPS) is 10.6. The van der Waals surface area contributed by atoms with Crippen molar-refractivity contribution in [3.63, 3.8) is 0 Å². The topological polar surface area (TPSA) is 54.9 Å². The Balaban J connectivity index is 2.01. The van der Waals surface area contributed by atoms with Crippen LogP contribution in [0.5, 0.6) is 0 Å². The zero-order chi connectivity index (χ0) is 14.8. The summed E-state index contributed by atoms with van der Waals surface area (Å²) in [5.41, 5.74) is 0.877. The van der Waals surface area contributed by atoms with Crippen molar-refractivity contribution >= 4 is 34.1 Å². The molecule has 0 fully saturated rings. The Bertz CT molecular complexity index is 838. The first-order valence-electron chi connectivity index (χ1n) is 6.12. The smallest absolute Gasteiger partial charge is 0.260 e. The Morgan fingerprint density at radius 2 is 1.86 bits per heavy atom. The number of aromatic nitrogens is 2. The van der Waals surface area contributed by atoms with Gasteiger partial charge in [-0.1, -0.05) is 11.6 Å². The van der Waals surface area contributed by atoms with E-state index in [1.165, 1.54) is 18.3 Å². The van der Waals surface area contributed by atoms with Gasteiger partial charge in [0.15, 0.2) is 0 Å². The van der Waals surface area contributed by atoms with Crippen LogP contribution in [0.3, 0.4) is 0 Å². The lowest BCUT2D eigenvalue weighted by molar-refractivity contribution is 0.102. The number of benzene rings is 1. The van der Waals surface area contributed by atoms with Gasteiger partial charge in [0.2, 0.25) is 5.95 Å². The molecule has 2 aromatic heterocycles. The number of fused-ring (bicyclic) bond motifs is 1. The van der Waals surface area contributed by atoms with Crippen LogP contribution < -0.4 is 5.32 Å². The number of carbonyl (C=O) groups excluding carboxylic acids is 1. The quantitative estimate of drug-likeness (QED) is 0.735. The number of hydrogen-bond donors (Lipinski definition) is 1. The molecule has 4 nitrogen and oxygen atoms in total. The van der Waals surface area contributed by atoms with Crippen LogP contribution in [0.15, 0.2) is 48.8 Å². The lowest BCUT2D eigenvalue weighted by Crippen LogP contribution is -2.14. The van der Waals surface area contributed by atoms with E-state index in [2.05, 4.69) is 15.3 Å². The molecular formula is C15H9ClFN3O. The van der Waals surface area contributed by atoms with Gasteiger partial charge in [-0.15, -0.1) is 0 Å². The van der Waals surface area contributed by atoms with Crippen LogP contribution in [0.4, 0.5) is 10.1 Å². The van der Waals surface area contributed by atoms with E-state index >= 15 is 0 Å². The zero-order valence-electron chi connectivity index (χ0n) is 10.7. The first-order chi connectivity index (χ1) is 10.2. The molecule has 0 radical (unpaired) electrons. The van der Waals surface area contributed by atoms with Crippen molar-refractivity contribution in [3.05, 3.63) is 65.3 Å². The Morgan fingerprint density at radius 3 is 2.67 bits per heavy atom. The maximum Gasteiger partial charge on any atom is 0.260 e. The zero-order valence-corrected chi connectivity index (χ0v) is 11.4. The molecule has 1 amide bonds. The first-order valence-corrected chi connectivity index (χ1v) is 6.50. The van der Waals surface area contributed by atoms with Crippen molar-refractivity contribution in [1.82, 2.24) is 9.97 Å². The van der Waals surface area contributed by atoms with E-state index in [4.69, 9.17) is 11.6 Å². The van der Waals surface area contributed by atoms with E-state index in [1.54, 1.807) is 30.5 Å². The second-order valence-electron chi connectivity index (χ2n) is 4.29. The van der Waals surface area contributed by atoms with Crippen molar-refractivity contribution in [1.29, 1.82) is 0 Å². The third-order valence-corrected chi connectivity index (χ3v) is 3.30. The number of pyridine rings is 2. The number of nitrogens with one attached hydrogen (secondary N) is 1. The molecule has 0 unspecified atom stereocenters. The number of amides is 1. The lowest BCUT2D eigenvalue weighted by Gasteiger charge is -2.09. The summed E-state index contributed by atoms with van der Waals surface area (Å²) in [6, 6.07) is 9.69. The lowest BCUT2D eigenvalue weighted by atomic mass is 10.1. The third-order valence-electron chi connectivity index (χ3n) is 2.97. The largest absolute Gasteiger partial charge is 0.320 e. The van der Waals surface area contributed by atoms with Crippen LogP contribution in [0.25, 0.3) is 10.9 Å². The van der Waals surface area contributed by atoms with Gasteiger partial charge in [-0.3, -0.25) is 9.78 Å². The van der Waals surface area contributed by atoms with Gasteiger partial charge >= 0.3 is 0 Å². The van der Waals surface area contributed by atoms with Crippen LogP contribution in [-0.2, 0) is 0 Å². The minimum absolute atomic E-state index is 0.128. The maximum absolute atomic E-state index is 13.5. The molecule has 0 aliphatic heterocycles. The van der Waals surface area contributed by atoms with Crippen LogP contribution in [0.2, 0.25) is 5.02 Å². The second kappa shape index (κ2) is 5.46. The molecule has 0 spiro atoms. The number of hydrogen-bond acceptors (Lipinski definition) is 3. The van der Waals surface area contributed by atoms with Crippen LogP contribution in [-0.4, -0.2) is 15.9 Å². The molecule has 2 heterocycles. The summed E-state index contributed by atoms with van der Waals surface area (Å²) in [7, 11) is 0. The Labute approximate surface area is 124 Å². The molecule has 104 valence electrons. The van der Waals surface area contributed by atoms with Crippen LogP contribution in [0.1, 0.15) is 10.4 Å². The highest BCUT2D eigenvalue weighted by molar-refractivity contribution is 6.36. The molecule has 1 N–H and O–H groups in total. The van der Waals surface area contributed by atoms with Crippen molar-refractivity contribution < 1.29 is 9.18 Å². The monoisotopic (exact) mass is 301 g/mol. The Morgan fingerprint density at radius 1 is 1.10 bits per heavy atom. The summed E-state index contributed by atoms with van der Waals surface area (Å²) < 4.78 is 13.5. The minimum atomic E-state index is -0.818. The average molecular weight is 302 g/mol. The van der Waals surface area contributed by atoms with Crippen molar-refractivity contribution in [3.8, 4) is 0 Å². The molecule has 0 saturated carbocycles. The Hall–Kier alpha value is -2.53. The molecule has 6 heteroatoms. The molecular weight excluding hydrogens is 293 g/mol. The van der Waals surface area contributed by atoms with Crippen LogP contribution in [0, 0.1) is 5.95 Å². The maximum atomic E-state index is 13.5. The van der Waals surface area contributed by atoms with E-state index in [0.29, 0.717) is 21.6 Å². The van der Waals surface area contributed by atoms with Crippen molar-refractivity contribution in [2.75, 3.05) is 5.32 Å². The summed E-state index contributed by atoms with van der Waals surface area (Å²) in [5.74, 6) is -1.41. The first kappa shape index (κ1) is 13.5. The summed E-state index contributed by atoms with van der Waals surface area (Å²) in [6.45, 7) is 0. The van der Waals surface area contributed by atoms with Gasteiger partial charge in [0.05, 0.1) is 21.8 Å². The number of anilines is 1. The van der Waals surface area contributed by atoms with Gasteiger partial charge < -0.3 is 5.32 Å². The molecule has 3 rings (SSSR count). The molecule has 0 bridgehead atoms. The summed E-state index contributed by atoms with van der Waals surface area (Å²) in [5, 5.41) is 3.87. The molecule has 3 aromatic rings. The van der Waals surface area contributed by atoms with E-state index in [9.17, 15) is 9.18 Å². The molecule has 0 aliphatic rings. The van der Waals surface area contributed by atoms with E-state index in [-0.39, 0.29) is 5.56 Å². The van der Waals surface area contributed by atoms with Gasteiger partial charge in [0.25, 0.3) is 5.91 Å². The highest BCUT2D eigenvalue weighted by atomic mass is 35.5. The molecule has 0 atom stereocenters. The number of carbonyl (C=O) groups is 1. The van der Waals surface area contributed by atoms with E-state index < -0.39 is 11.9 Å². The predicted octanol–water partition coefficient (Wildman–Crippen LogP) is 3.67. The molecule has 0 aliphatic carbocycles. The highest BCUT2D eigenvalue weighted by Crippen LogP contribution is 2.28. The predicted molar refractivity (Wildman–Crippen MR) is 78.9 cm³/mol. The average Bonchev–Trinajstić information content (AvgIpc) is 2.51. The summed E-state index contributed by atoms with van der Waals surface area (Å²) in [4.78, 5) is 19.8. The van der Waals surface area contributed by atoms with Gasteiger partial charge in [-0.25, -0.2) is 4.98 Å². The molecule has 1 aromatic carbocycles. The highest BCUT2D eigenvalue weighted by Gasteiger charge is 2.14. The number of halogens is 2. The SMILES string of the molecule is O=C(Nc1ccc(Cl)c2cccnc12)c1cccnc1F. The van der Waals surface area contributed by atoms with E-state index in [0.717, 1.165) is 0 Å². The molecule has 0 saturated heterocycles. The van der Waals surface area contributed by atoms with Crippen LogP contribution >= 0.6 is 11.6 Å². The summed E-state index contributed by atoms with van der Waals surface area (Å²) >= 11 is 6.09. The fraction of sp³-hybridized carbons (Fsp3) is 0. The van der Waals surface area contributed by atoms with Crippen molar-refractivity contribution in [2.24, 2.45) is 0 Å². The minimum Gasteiger partial charge on any atom is -0.320 e. The number of nitrogens with zero attached hydrogens (tertiary/aromatic N) is 2. The van der Waals surface area contributed by atoms with Crippen molar-refractivity contribution in [2.45, 2.75) is 0 Å². The third kappa shape index (κ3) is 2.55. The fourth-order valence-electron chi connectivity index (χ4n) is 1.98. The van der Waals surface area contributed by atoms with Gasteiger partial charge in [0, 0.05) is 17.8 Å². The second-order valence-corrected chi connectivity index (χ2v) is 4.70. The van der Waals surface area contributed by atoms with Gasteiger partial charge in [0.1, 0.15) is 0 Å². The van der Waals surface area contributed by atoms with E-state index in [1.807, 2.05) is 0 Å². The van der Waals surface area contributed by atoms with Gasteiger partial charge in [-0.2, -0.15) is 4.39 Å². The Kier molecular flexibility index (Phi) is 3.50. The fourth-order valence-corrected chi connectivity index (χ4v) is 2.20. The standard InChI is InChI=1S/C15H9ClFN3O/c16-11-5-6-12(13-9(11)3-1-7-18-13)20-15(21)10-4-2-8-19-14(10)17/h1-8H,(H,20,21). The van der Waals surface area contributed by atoms with Gasteiger partial charge in [-0.05, 0) is 36.4 Å². The molecule has 21 heavy (non-hydrogen) atoms. The summed E-state index contributed by atoms with van der Waals surface area (Å²) in [6.07, 6.45) is 2.88. The number of rotatable bonds is 2.